The van der Waals surface area contributed by atoms with Gasteiger partial charge in [0.1, 0.15) is 17.6 Å². The maximum absolute atomic E-state index is 9.23. The molecule has 30 heavy (non-hydrogen) atoms. The van der Waals surface area contributed by atoms with E-state index < -0.39 is 0 Å². The first-order chi connectivity index (χ1) is 14.7. The molecule has 0 spiro atoms. The zero-order valence-corrected chi connectivity index (χ0v) is 16.9. The van der Waals surface area contributed by atoms with Gasteiger partial charge in [0.05, 0.1) is 5.56 Å². The third-order valence-electron chi connectivity index (χ3n) is 5.58. The highest BCUT2D eigenvalue weighted by atomic mass is 35.5. The molecule has 1 aliphatic heterocycles. The van der Waals surface area contributed by atoms with Crippen LogP contribution in [0.5, 0.6) is 11.6 Å². The van der Waals surface area contributed by atoms with E-state index in [1.165, 1.54) is 0 Å². The molecule has 0 fully saturated rings. The van der Waals surface area contributed by atoms with Crippen molar-refractivity contribution >= 4 is 22.4 Å². The van der Waals surface area contributed by atoms with Crippen LogP contribution < -0.4 is 10.2 Å². The minimum Gasteiger partial charge on any atom is -0.438 e. The Morgan fingerprint density at radius 3 is 2.67 bits per heavy atom. The van der Waals surface area contributed by atoms with Crippen molar-refractivity contribution in [1.82, 2.24) is 9.55 Å². The summed E-state index contributed by atoms with van der Waals surface area (Å²) in [6, 6.07) is 19.9. The van der Waals surface area contributed by atoms with Gasteiger partial charge in [-0.05, 0) is 34.9 Å². The fraction of sp³-hybridized carbons (Fsp3) is 0.167. The summed E-state index contributed by atoms with van der Waals surface area (Å²) in [5.41, 5.74) is 2.91. The van der Waals surface area contributed by atoms with Crippen LogP contribution in [0.15, 0.2) is 67.0 Å². The number of rotatable bonds is 4. The SMILES string of the molecule is N=c1c2c(ncn1CCCO)Oc1ccc3ccccc3c1C2c1ccccc1Cl. The zero-order valence-electron chi connectivity index (χ0n) is 16.2. The molecule has 0 amide bonds. The Balaban J connectivity index is 1.84. The average Bonchev–Trinajstić information content (AvgIpc) is 2.78. The van der Waals surface area contributed by atoms with Gasteiger partial charge in [-0.2, -0.15) is 0 Å². The summed E-state index contributed by atoms with van der Waals surface area (Å²) in [6.45, 7) is 0.564. The Morgan fingerprint density at radius 2 is 1.83 bits per heavy atom. The van der Waals surface area contributed by atoms with E-state index in [0.717, 1.165) is 27.6 Å². The van der Waals surface area contributed by atoms with Crippen molar-refractivity contribution in [1.29, 1.82) is 5.41 Å². The van der Waals surface area contributed by atoms with Crippen molar-refractivity contribution < 1.29 is 9.84 Å². The summed E-state index contributed by atoms with van der Waals surface area (Å²) in [5, 5.41) is 21.0. The molecule has 0 saturated carbocycles. The van der Waals surface area contributed by atoms with Crippen LogP contribution in [0.2, 0.25) is 5.02 Å². The highest BCUT2D eigenvalue weighted by Gasteiger charge is 2.34. The third kappa shape index (κ3) is 2.98. The number of fused-ring (bicyclic) bond motifs is 4. The Morgan fingerprint density at radius 1 is 1.03 bits per heavy atom. The summed E-state index contributed by atoms with van der Waals surface area (Å²) < 4.78 is 7.93. The molecule has 5 rings (SSSR count). The standard InChI is InChI=1S/C24H20ClN3O2/c25-18-9-4-3-8-17(18)21-20-16-7-2-1-6-15(16)10-11-19(20)30-24-22(21)23(26)28(14-27-24)12-5-13-29/h1-4,6-11,14,21,26,29H,5,12-13H2. The number of benzene rings is 3. The maximum atomic E-state index is 9.23. The normalized spacial score (nSPS) is 14.8. The van der Waals surface area contributed by atoms with Crippen LogP contribution in [0.4, 0.5) is 0 Å². The number of hydrogen-bond donors (Lipinski definition) is 2. The predicted molar refractivity (Wildman–Crippen MR) is 116 cm³/mol. The number of ether oxygens (including phenoxy) is 1. The zero-order chi connectivity index (χ0) is 20.7. The Bertz CT molecular complexity index is 1320. The van der Waals surface area contributed by atoms with Crippen molar-refractivity contribution in [3.8, 4) is 11.6 Å². The van der Waals surface area contributed by atoms with E-state index in [0.29, 0.717) is 34.9 Å². The molecule has 5 nitrogen and oxygen atoms in total. The van der Waals surface area contributed by atoms with Gasteiger partial charge in [0.2, 0.25) is 5.88 Å². The molecule has 6 heteroatoms. The molecule has 2 N–H and O–H groups in total. The first kappa shape index (κ1) is 18.9. The predicted octanol–water partition coefficient (Wildman–Crippen LogP) is 4.84. The Kier molecular flexibility index (Phi) is 4.77. The monoisotopic (exact) mass is 417 g/mol. The van der Waals surface area contributed by atoms with Gasteiger partial charge in [-0.1, -0.05) is 60.1 Å². The molecule has 0 radical (unpaired) electrons. The molecule has 0 saturated heterocycles. The molecular formula is C24H20ClN3O2. The van der Waals surface area contributed by atoms with Crippen molar-refractivity contribution in [2.24, 2.45) is 0 Å². The fourth-order valence-electron chi connectivity index (χ4n) is 4.19. The number of hydrogen-bond acceptors (Lipinski definition) is 4. The van der Waals surface area contributed by atoms with Crippen molar-refractivity contribution in [3.63, 3.8) is 0 Å². The highest BCUT2D eigenvalue weighted by Crippen LogP contribution is 2.49. The fourth-order valence-corrected chi connectivity index (χ4v) is 4.43. The Hall–Kier alpha value is -3.15. The molecule has 1 aromatic heterocycles. The molecule has 1 atom stereocenters. The van der Waals surface area contributed by atoms with E-state index in [1.54, 1.807) is 10.9 Å². The minimum atomic E-state index is -0.287. The number of aliphatic hydroxyl groups is 1. The second kappa shape index (κ2) is 7.59. The molecule has 2 heterocycles. The topological polar surface area (TPSA) is 71.1 Å². The Labute approximate surface area is 178 Å². The molecular weight excluding hydrogens is 398 g/mol. The van der Waals surface area contributed by atoms with Crippen LogP contribution in [0, 0.1) is 5.41 Å². The number of nitrogens with zero attached hydrogens (tertiary/aromatic N) is 2. The summed E-state index contributed by atoms with van der Waals surface area (Å²) in [7, 11) is 0. The van der Waals surface area contributed by atoms with E-state index in [9.17, 15) is 5.11 Å². The molecule has 0 bridgehead atoms. The molecule has 3 aromatic carbocycles. The first-order valence-corrected chi connectivity index (χ1v) is 10.3. The molecule has 1 unspecified atom stereocenters. The summed E-state index contributed by atoms with van der Waals surface area (Å²) >= 11 is 6.66. The van der Waals surface area contributed by atoms with Gasteiger partial charge in [-0.15, -0.1) is 0 Å². The van der Waals surface area contributed by atoms with E-state index >= 15 is 0 Å². The first-order valence-electron chi connectivity index (χ1n) is 9.87. The lowest BCUT2D eigenvalue weighted by atomic mass is 9.81. The van der Waals surface area contributed by atoms with Crippen LogP contribution in [0.25, 0.3) is 10.8 Å². The van der Waals surface area contributed by atoms with Gasteiger partial charge in [0.15, 0.2) is 0 Å². The van der Waals surface area contributed by atoms with Gasteiger partial charge < -0.3 is 14.4 Å². The number of aliphatic hydroxyl groups excluding tert-OH is 1. The maximum Gasteiger partial charge on any atom is 0.228 e. The highest BCUT2D eigenvalue weighted by molar-refractivity contribution is 6.31. The second-order valence-corrected chi connectivity index (χ2v) is 7.74. The average molecular weight is 418 g/mol. The molecule has 1 aliphatic rings. The molecule has 150 valence electrons. The van der Waals surface area contributed by atoms with E-state index in [-0.39, 0.29) is 12.5 Å². The lowest BCUT2D eigenvalue weighted by molar-refractivity contribution is 0.278. The van der Waals surface area contributed by atoms with Crippen LogP contribution in [0.3, 0.4) is 0 Å². The third-order valence-corrected chi connectivity index (χ3v) is 5.92. The van der Waals surface area contributed by atoms with Crippen molar-refractivity contribution in [2.45, 2.75) is 18.9 Å². The van der Waals surface area contributed by atoms with E-state index in [1.807, 2.05) is 48.5 Å². The summed E-state index contributed by atoms with van der Waals surface area (Å²) in [6.07, 6.45) is 2.15. The quantitative estimate of drug-likeness (QED) is 0.439. The van der Waals surface area contributed by atoms with E-state index in [2.05, 4.69) is 17.1 Å². The number of halogens is 1. The molecule has 4 aromatic rings. The van der Waals surface area contributed by atoms with Crippen LogP contribution in [0.1, 0.15) is 29.0 Å². The van der Waals surface area contributed by atoms with Crippen LogP contribution in [-0.2, 0) is 6.54 Å². The van der Waals surface area contributed by atoms with Gasteiger partial charge in [-0.3, -0.25) is 5.41 Å². The van der Waals surface area contributed by atoms with Crippen LogP contribution in [-0.4, -0.2) is 21.3 Å². The number of aryl methyl sites for hydroxylation is 1. The van der Waals surface area contributed by atoms with E-state index in [4.69, 9.17) is 21.7 Å². The smallest absolute Gasteiger partial charge is 0.228 e. The molecule has 0 aliphatic carbocycles. The van der Waals surface area contributed by atoms with Gasteiger partial charge in [0, 0.05) is 29.7 Å². The summed E-state index contributed by atoms with van der Waals surface area (Å²) in [4.78, 5) is 4.51. The lowest BCUT2D eigenvalue weighted by Gasteiger charge is -2.30. The van der Waals surface area contributed by atoms with Gasteiger partial charge in [0.25, 0.3) is 0 Å². The van der Waals surface area contributed by atoms with Crippen molar-refractivity contribution in [3.05, 3.63) is 94.2 Å². The summed E-state index contributed by atoms with van der Waals surface area (Å²) in [5.74, 6) is 0.865. The minimum absolute atomic E-state index is 0.0570. The number of nitrogens with one attached hydrogen (secondary N) is 1. The van der Waals surface area contributed by atoms with Crippen molar-refractivity contribution in [2.75, 3.05) is 6.61 Å². The number of aromatic nitrogens is 2. The lowest BCUT2D eigenvalue weighted by Crippen LogP contribution is -2.30. The van der Waals surface area contributed by atoms with Gasteiger partial charge in [-0.25, -0.2) is 4.98 Å². The largest absolute Gasteiger partial charge is 0.438 e. The van der Waals surface area contributed by atoms with Crippen LogP contribution >= 0.6 is 11.6 Å². The van der Waals surface area contributed by atoms with Gasteiger partial charge >= 0.3 is 0 Å². The second-order valence-electron chi connectivity index (χ2n) is 7.34.